The molecule has 2 atom stereocenters. The van der Waals surface area contributed by atoms with Gasteiger partial charge in [0.05, 0.1) is 19.1 Å². The maximum atomic E-state index is 10.3. The third kappa shape index (κ3) is 3.19. The van der Waals surface area contributed by atoms with Gasteiger partial charge in [-0.25, -0.2) is 0 Å². The van der Waals surface area contributed by atoms with E-state index in [0.29, 0.717) is 26.1 Å². The van der Waals surface area contributed by atoms with Crippen LogP contribution in [0.15, 0.2) is 0 Å². The Bertz CT molecular complexity index is 157. The van der Waals surface area contributed by atoms with Crippen LogP contribution < -0.4 is 0 Å². The molecule has 0 aliphatic carbocycles. The molecule has 1 rings (SSSR count). The monoisotopic (exact) mass is 174 g/mol. The van der Waals surface area contributed by atoms with E-state index < -0.39 is 12.1 Å². The number of rotatable bonds is 2. The maximum Gasteiger partial charge on any atom is 0.303 e. The summed E-state index contributed by atoms with van der Waals surface area (Å²) in [5.74, 6) is -0.849. The van der Waals surface area contributed by atoms with E-state index >= 15 is 0 Å². The van der Waals surface area contributed by atoms with Crippen molar-refractivity contribution in [3.8, 4) is 0 Å². The van der Waals surface area contributed by atoms with E-state index in [0.717, 1.165) is 0 Å². The number of carboxylic acids is 1. The summed E-state index contributed by atoms with van der Waals surface area (Å²) in [6.45, 7) is 1.00. The molecule has 1 saturated heterocycles. The molecular weight excluding hydrogens is 160 g/mol. The van der Waals surface area contributed by atoms with E-state index in [1.54, 1.807) is 0 Å². The number of ether oxygens (including phenoxy) is 1. The zero-order valence-corrected chi connectivity index (χ0v) is 6.90. The molecule has 12 heavy (non-hydrogen) atoms. The number of carbonyl (C=O) groups is 1. The van der Waals surface area contributed by atoms with Crippen LogP contribution in [0, 0.1) is 5.92 Å². The number of hydrogen-bond acceptors (Lipinski definition) is 3. The van der Waals surface area contributed by atoms with Gasteiger partial charge in [0.2, 0.25) is 0 Å². The fourth-order valence-corrected chi connectivity index (χ4v) is 1.43. The first-order valence-electron chi connectivity index (χ1n) is 4.16. The average molecular weight is 174 g/mol. The van der Waals surface area contributed by atoms with Crippen LogP contribution in [0.3, 0.4) is 0 Å². The lowest BCUT2D eigenvalue weighted by molar-refractivity contribution is -0.138. The van der Waals surface area contributed by atoms with Gasteiger partial charge in [0.1, 0.15) is 0 Å². The van der Waals surface area contributed by atoms with E-state index in [-0.39, 0.29) is 12.3 Å². The summed E-state index contributed by atoms with van der Waals surface area (Å²) < 4.78 is 5.16. The van der Waals surface area contributed by atoms with Crippen molar-refractivity contribution in [3.05, 3.63) is 0 Å². The van der Waals surface area contributed by atoms with Crippen molar-refractivity contribution in [3.63, 3.8) is 0 Å². The van der Waals surface area contributed by atoms with Crippen LogP contribution in [0.5, 0.6) is 0 Å². The standard InChI is InChI=1S/C8H14O4/c9-7-1-2-12-5-6(3-7)4-8(10)11/h6-7,9H,1-5H2,(H,10,11). The lowest BCUT2D eigenvalue weighted by Gasteiger charge is -2.12. The highest BCUT2D eigenvalue weighted by atomic mass is 16.5. The van der Waals surface area contributed by atoms with E-state index in [9.17, 15) is 9.90 Å². The molecule has 1 heterocycles. The minimum absolute atomic E-state index is 0.0278. The van der Waals surface area contributed by atoms with Crippen molar-refractivity contribution in [2.45, 2.75) is 25.4 Å². The number of aliphatic carboxylic acids is 1. The zero-order chi connectivity index (χ0) is 8.97. The molecule has 4 nitrogen and oxygen atoms in total. The Labute approximate surface area is 71.2 Å². The van der Waals surface area contributed by atoms with E-state index in [1.165, 1.54) is 0 Å². The first kappa shape index (κ1) is 9.48. The second-order valence-corrected chi connectivity index (χ2v) is 3.22. The summed E-state index contributed by atoms with van der Waals surface area (Å²) in [5, 5.41) is 17.8. The van der Waals surface area contributed by atoms with Gasteiger partial charge in [-0.2, -0.15) is 0 Å². The van der Waals surface area contributed by atoms with Crippen molar-refractivity contribution in [2.75, 3.05) is 13.2 Å². The third-order valence-corrected chi connectivity index (χ3v) is 2.02. The Morgan fingerprint density at radius 3 is 3.00 bits per heavy atom. The topological polar surface area (TPSA) is 66.8 Å². The molecule has 0 bridgehead atoms. The van der Waals surface area contributed by atoms with Crippen molar-refractivity contribution >= 4 is 5.97 Å². The van der Waals surface area contributed by atoms with Crippen molar-refractivity contribution < 1.29 is 19.7 Å². The average Bonchev–Trinajstić information content (AvgIpc) is 2.12. The van der Waals surface area contributed by atoms with Gasteiger partial charge in [-0.3, -0.25) is 4.79 Å². The predicted molar refractivity (Wildman–Crippen MR) is 41.8 cm³/mol. The summed E-state index contributed by atoms with van der Waals surface area (Å²) in [7, 11) is 0. The number of hydrogen-bond donors (Lipinski definition) is 2. The molecule has 1 aliphatic heterocycles. The van der Waals surface area contributed by atoms with Gasteiger partial charge >= 0.3 is 5.97 Å². The highest BCUT2D eigenvalue weighted by Gasteiger charge is 2.20. The van der Waals surface area contributed by atoms with Gasteiger partial charge in [0.25, 0.3) is 0 Å². The van der Waals surface area contributed by atoms with E-state index in [1.807, 2.05) is 0 Å². The van der Waals surface area contributed by atoms with Crippen LogP contribution in [0.4, 0.5) is 0 Å². The number of carboxylic acid groups (broad SMARTS) is 1. The van der Waals surface area contributed by atoms with Crippen molar-refractivity contribution in [2.24, 2.45) is 5.92 Å². The van der Waals surface area contributed by atoms with E-state index in [4.69, 9.17) is 9.84 Å². The molecule has 0 radical (unpaired) electrons. The predicted octanol–water partition coefficient (Wildman–Crippen LogP) is 0.249. The van der Waals surface area contributed by atoms with Gasteiger partial charge in [0.15, 0.2) is 0 Å². The van der Waals surface area contributed by atoms with Crippen LogP contribution in [0.2, 0.25) is 0 Å². The molecule has 2 unspecified atom stereocenters. The first-order valence-corrected chi connectivity index (χ1v) is 4.16. The molecule has 1 aliphatic rings. The Hall–Kier alpha value is -0.610. The summed E-state index contributed by atoms with van der Waals surface area (Å²) in [4.78, 5) is 10.3. The molecule has 0 saturated carbocycles. The first-order chi connectivity index (χ1) is 5.68. The minimum Gasteiger partial charge on any atom is -0.481 e. The molecule has 0 aromatic rings. The summed E-state index contributed by atoms with van der Waals surface area (Å²) in [6, 6.07) is 0. The van der Waals surface area contributed by atoms with E-state index in [2.05, 4.69) is 0 Å². The molecule has 4 heteroatoms. The summed E-state index contributed by atoms with van der Waals surface area (Å²) >= 11 is 0. The zero-order valence-electron chi connectivity index (χ0n) is 6.90. The molecule has 0 aromatic carbocycles. The molecule has 0 amide bonds. The fraction of sp³-hybridized carbons (Fsp3) is 0.875. The number of aliphatic hydroxyl groups is 1. The largest absolute Gasteiger partial charge is 0.481 e. The Morgan fingerprint density at radius 2 is 2.33 bits per heavy atom. The normalized spacial score (nSPS) is 31.1. The molecule has 1 fully saturated rings. The smallest absolute Gasteiger partial charge is 0.303 e. The highest BCUT2D eigenvalue weighted by molar-refractivity contribution is 5.67. The lowest BCUT2D eigenvalue weighted by Crippen LogP contribution is -2.16. The summed E-state index contributed by atoms with van der Waals surface area (Å²) in [5.41, 5.74) is 0. The van der Waals surface area contributed by atoms with Crippen molar-refractivity contribution in [1.29, 1.82) is 0 Å². The quantitative estimate of drug-likeness (QED) is 0.629. The molecule has 70 valence electrons. The van der Waals surface area contributed by atoms with Gasteiger partial charge in [-0.05, 0) is 18.8 Å². The highest BCUT2D eigenvalue weighted by Crippen LogP contribution is 2.17. The Kier molecular flexibility index (Phi) is 3.49. The van der Waals surface area contributed by atoms with Gasteiger partial charge in [0, 0.05) is 6.61 Å². The molecule has 0 aromatic heterocycles. The van der Waals surface area contributed by atoms with Gasteiger partial charge < -0.3 is 14.9 Å². The van der Waals surface area contributed by atoms with Gasteiger partial charge in [-0.1, -0.05) is 0 Å². The second-order valence-electron chi connectivity index (χ2n) is 3.22. The molecule has 0 spiro atoms. The molecule has 2 N–H and O–H groups in total. The second kappa shape index (κ2) is 4.42. The minimum atomic E-state index is -0.822. The van der Waals surface area contributed by atoms with Crippen LogP contribution >= 0.6 is 0 Å². The van der Waals surface area contributed by atoms with Crippen LogP contribution in [0.25, 0.3) is 0 Å². The van der Waals surface area contributed by atoms with Crippen LogP contribution in [-0.4, -0.2) is 35.5 Å². The number of aliphatic hydroxyl groups excluding tert-OH is 1. The van der Waals surface area contributed by atoms with Crippen LogP contribution in [0.1, 0.15) is 19.3 Å². The summed E-state index contributed by atoms with van der Waals surface area (Å²) in [6.07, 6.45) is 0.872. The van der Waals surface area contributed by atoms with Gasteiger partial charge in [-0.15, -0.1) is 0 Å². The van der Waals surface area contributed by atoms with Crippen molar-refractivity contribution in [1.82, 2.24) is 0 Å². The Balaban J connectivity index is 2.35. The fourth-order valence-electron chi connectivity index (χ4n) is 1.43. The maximum absolute atomic E-state index is 10.3. The third-order valence-electron chi connectivity index (χ3n) is 2.02. The lowest BCUT2D eigenvalue weighted by atomic mass is 9.99. The SMILES string of the molecule is O=C(O)CC1COCCC(O)C1. The molecular formula is C8H14O4. The van der Waals surface area contributed by atoms with Crippen LogP contribution in [-0.2, 0) is 9.53 Å². The Morgan fingerprint density at radius 1 is 1.58 bits per heavy atom.